The topological polar surface area (TPSA) is 23.5 Å². The van der Waals surface area contributed by atoms with Crippen LogP contribution in [-0.2, 0) is 0 Å². The van der Waals surface area contributed by atoms with Crippen LogP contribution in [0.15, 0.2) is 30.3 Å². The summed E-state index contributed by atoms with van der Waals surface area (Å²) in [5.74, 6) is 1.58. The normalized spacial score (nSPS) is 24.1. The molecule has 1 aromatic rings. The standard InChI is InChI=1S/C16H23NO/c1-12-7-8-14(11-17(2)3)16(9-12)13-5-4-6-15(18)10-13/h4-6,9-10,12,14,18H,7-8,11H2,1-3H3/t12-,14-/m0/s1. The molecule has 0 unspecified atom stereocenters. The summed E-state index contributed by atoms with van der Waals surface area (Å²) in [4.78, 5) is 2.25. The van der Waals surface area contributed by atoms with Gasteiger partial charge in [0.05, 0.1) is 0 Å². The fraction of sp³-hybridized carbons (Fsp3) is 0.500. The van der Waals surface area contributed by atoms with E-state index < -0.39 is 0 Å². The second kappa shape index (κ2) is 5.57. The average molecular weight is 245 g/mol. The third kappa shape index (κ3) is 3.14. The van der Waals surface area contributed by atoms with E-state index in [0.29, 0.717) is 17.6 Å². The summed E-state index contributed by atoms with van der Waals surface area (Å²) in [6.45, 7) is 3.35. The zero-order valence-corrected chi connectivity index (χ0v) is 11.6. The lowest BCUT2D eigenvalue weighted by molar-refractivity contribution is 0.336. The minimum absolute atomic E-state index is 0.357. The predicted octanol–water partition coefficient (Wildman–Crippen LogP) is 3.38. The Morgan fingerprint density at radius 3 is 2.72 bits per heavy atom. The van der Waals surface area contributed by atoms with Crippen LogP contribution in [0.2, 0.25) is 0 Å². The van der Waals surface area contributed by atoms with Gasteiger partial charge in [-0.2, -0.15) is 0 Å². The Hall–Kier alpha value is -1.28. The molecular formula is C16H23NO. The van der Waals surface area contributed by atoms with Crippen LogP contribution in [0.25, 0.3) is 5.57 Å². The van der Waals surface area contributed by atoms with Crippen molar-refractivity contribution in [3.8, 4) is 5.75 Å². The molecule has 0 amide bonds. The lowest BCUT2D eigenvalue weighted by atomic mass is 9.79. The van der Waals surface area contributed by atoms with Gasteiger partial charge in [0, 0.05) is 6.54 Å². The second-order valence-corrected chi connectivity index (χ2v) is 5.69. The molecule has 1 aliphatic carbocycles. The fourth-order valence-corrected chi connectivity index (χ4v) is 2.79. The zero-order valence-electron chi connectivity index (χ0n) is 11.6. The van der Waals surface area contributed by atoms with Crippen molar-refractivity contribution in [2.45, 2.75) is 19.8 Å². The van der Waals surface area contributed by atoms with Gasteiger partial charge in [0.15, 0.2) is 0 Å². The fourth-order valence-electron chi connectivity index (χ4n) is 2.79. The Kier molecular flexibility index (Phi) is 4.07. The lowest BCUT2D eigenvalue weighted by Crippen LogP contribution is -2.25. The summed E-state index contributed by atoms with van der Waals surface area (Å²) in [6, 6.07) is 7.65. The SMILES string of the molecule is C[C@@H]1C=C(c2cccc(O)c2)[C@H](CN(C)C)CC1. The molecule has 2 nitrogen and oxygen atoms in total. The predicted molar refractivity (Wildman–Crippen MR) is 76.5 cm³/mol. The van der Waals surface area contributed by atoms with Gasteiger partial charge in [-0.3, -0.25) is 0 Å². The average Bonchev–Trinajstić information content (AvgIpc) is 2.31. The van der Waals surface area contributed by atoms with Crippen molar-refractivity contribution in [1.82, 2.24) is 4.90 Å². The quantitative estimate of drug-likeness (QED) is 0.882. The molecule has 0 spiro atoms. The van der Waals surface area contributed by atoms with Crippen molar-refractivity contribution < 1.29 is 5.11 Å². The highest BCUT2D eigenvalue weighted by Gasteiger charge is 2.22. The number of hydrogen-bond donors (Lipinski definition) is 1. The van der Waals surface area contributed by atoms with E-state index in [1.165, 1.54) is 24.0 Å². The third-order valence-electron chi connectivity index (χ3n) is 3.64. The molecule has 2 atom stereocenters. The largest absolute Gasteiger partial charge is 0.508 e. The van der Waals surface area contributed by atoms with Crippen LogP contribution in [0.1, 0.15) is 25.3 Å². The third-order valence-corrected chi connectivity index (χ3v) is 3.64. The first-order valence-electron chi connectivity index (χ1n) is 6.72. The molecule has 98 valence electrons. The van der Waals surface area contributed by atoms with Gasteiger partial charge in [-0.1, -0.05) is 25.1 Å². The Morgan fingerprint density at radius 1 is 1.28 bits per heavy atom. The van der Waals surface area contributed by atoms with E-state index in [0.717, 1.165) is 6.54 Å². The summed E-state index contributed by atoms with van der Waals surface area (Å²) in [5.41, 5.74) is 2.58. The second-order valence-electron chi connectivity index (χ2n) is 5.69. The summed E-state index contributed by atoms with van der Waals surface area (Å²) in [6.07, 6.45) is 4.88. The van der Waals surface area contributed by atoms with E-state index in [1.807, 2.05) is 12.1 Å². The minimum atomic E-state index is 0.357. The molecule has 0 fully saturated rings. The Morgan fingerprint density at radius 2 is 2.06 bits per heavy atom. The molecule has 18 heavy (non-hydrogen) atoms. The van der Waals surface area contributed by atoms with Crippen molar-refractivity contribution >= 4 is 5.57 Å². The zero-order chi connectivity index (χ0) is 13.1. The minimum Gasteiger partial charge on any atom is -0.508 e. The maximum Gasteiger partial charge on any atom is 0.116 e. The van der Waals surface area contributed by atoms with Gasteiger partial charge in [-0.25, -0.2) is 0 Å². The number of aromatic hydroxyl groups is 1. The summed E-state index contributed by atoms with van der Waals surface area (Å²) in [5, 5.41) is 9.64. The number of phenolic OH excluding ortho intramolecular Hbond substituents is 1. The van der Waals surface area contributed by atoms with Gasteiger partial charge in [0.1, 0.15) is 5.75 Å². The van der Waals surface area contributed by atoms with E-state index >= 15 is 0 Å². The number of rotatable bonds is 3. The Labute approximate surface area is 110 Å². The first kappa shape index (κ1) is 13.2. The van der Waals surface area contributed by atoms with Gasteiger partial charge in [0.25, 0.3) is 0 Å². The van der Waals surface area contributed by atoms with E-state index in [9.17, 15) is 5.11 Å². The molecule has 2 rings (SSSR count). The molecule has 0 saturated heterocycles. The van der Waals surface area contributed by atoms with Crippen LogP contribution < -0.4 is 0 Å². The van der Waals surface area contributed by atoms with Gasteiger partial charge in [-0.15, -0.1) is 0 Å². The van der Waals surface area contributed by atoms with Crippen molar-refractivity contribution in [3.63, 3.8) is 0 Å². The van der Waals surface area contributed by atoms with Crippen molar-refractivity contribution in [1.29, 1.82) is 0 Å². The number of benzene rings is 1. The number of hydrogen-bond acceptors (Lipinski definition) is 2. The maximum absolute atomic E-state index is 9.64. The van der Waals surface area contributed by atoms with E-state index in [2.05, 4.69) is 38.1 Å². The molecule has 0 saturated carbocycles. The molecule has 0 aliphatic heterocycles. The maximum atomic E-state index is 9.64. The van der Waals surface area contributed by atoms with Gasteiger partial charge in [-0.05, 0) is 62.0 Å². The first-order chi connectivity index (χ1) is 8.56. The molecule has 0 heterocycles. The van der Waals surface area contributed by atoms with Crippen LogP contribution in [0.3, 0.4) is 0 Å². The van der Waals surface area contributed by atoms with Gasteiger partial charge < -0.3 is 10.0 Å². The number of phenols is 1. The van der Waals surface area contributed by atoms with Crippen LogP contribution in [-0.4, -0.2) is 30.6 Å². The van der Waals surface area contributed by atoms with E-state index in [4.69, 9.17) is 0 Å². The molecule has 1 aromatic carbocycles. The summed E-state index contributed by atoms with van der Waals surface area (Å²) < 4.78 is 0. The molecule has 0 bridgehead atoms. The van der Waals surface area contributed by atoms with E-state index in [1.54, 1.807) is 6.07 Å². The monoisotopic (exact) mass is 245 g/mol. The van der Waals surface area contributed by atoms with Crippen LogP contribution in [0, 0.1) is 11.8 Å². The Balaban J connectivity index is 2.30. The molecule has 0 radical (unpaired) electrons. The van der Waals surface area contributed by atoms with Crippen molar-refractivity contribution in [2.75, 3.05) is 20.6 Å². The highest BCUT2D eigenvalue weighted by Crippen LogP contribution is 2.36. The Bertz CT molecular complexity index is 436. The summed E-state index contributed by atoms with van der Waals surface area (Å²) in [7, 11) is 4.25. The first-order valence-corrected chi connectivity index (χ1v) is 6.72. The highest BCUT2D eigenvalue weighted by atomic mass is 16.3. The number of nitrogens with zero attached hydrogens (tertiary/aromatic N) is 1. The molecule has 1 aliphatic rings. The van der Waals surface area contributed by atoms with Gasteiger partial charge >= 0.3 is 0 Å². The molecule has 1 N–H and O–H groups in total. The van der Waals surface area contributed by atoms with E-state index in [-0.39, 0.29) is 0 Å². The molecular weight excluding hydrogens is 222 g/mol. The van der Waals surface area contributed by atoms with Crippen LogP contribution >= 0.6 is 0 Å². The molecule has 2 heteroatoms. The smallest absolute Gasteiger partial charge is 0.116 e. The van der Waals surface area contributed by atoms with Crippen LogP contribution in [0.4, 0.5) is 0 Å². The lowest BCUT2D eigenvalue weighted by Gasteiger charge is -2.30. The summed E-state index contributed by atoms with van der Waals surface area (Å²) >= 11 is 0. The van der Waals surface area contributed by atoms with Crippen molar-refractivity contribution in [2.24, 2.45) is 11.8 Å². The van der Waals surface area contributed by atoms with Gasteiger partial charge in [0.2, 0.25) is 0 Å². The molecule has 0 aromatic heterocycles. The van der Waals surface area contributed by atoms with Crippen LogP contribution in [0.5, 0.6) is 5.75 Å². The number of allylic oxidation sites excluding steroid dienone is 1. The van der Waals surface area contributed by atoms with Crippen molar-refractivity contribution in [3.05, 3.63) is 35.9 Å². The highest BCUT2D eigenvalue weighted by molar-refractivity contribution is 5.69.